The van der Waals surface area contributed by atoms with Crippen LogP contribution in [0, 0.1) is 11.3 Å². The minimum Gasteiger partial charge on any atom is -0.308 e. The highest BCUT2D eigenvalue weighted by molar-refractivity contribution is 4.98. The molecule has 0 spiro atoms. The van der Waals surface area contributed by atoms with Crippen LogP contribution >= 0.6 is 0 Å². The van der Waals surface area contributed by atoms with E-state index < -0.39 is 0 Å². The number of hydrogen-bond donors (Lipinski definition) is 1. The van der Waals surface area contributed by atoms with E-state index in [9.17, 15) is 0 Å². The molecule has 0 fully saturated rings. The topological polar surface area (TPSA) is 61.6 Å². The number of nitriles is 1. The fourth-order valence-corrected chi connectivity index (χ4v) is 0.916. The van der Waals surface area contributed by atoms with Crippen molar-refractivity contribution in [2.45, 2.75) is 25.9 Å². The lowest BCUT2D eigenvalue weighted by Crippen LogP contribution is -2.25. The largest absolute Gasteiger partial charge is 0.308 e. The van der Waals surface area contributed by atoms with Gasteiger partial charge in [0.05, 0.1) is 18.2 Å². The van der Waals surface area contributed by atoms with Gasteiger partial charge in [0.2, 0.25) is 0 Å². The van der Waals surface area contributed by atoms with Crippen molar-refractivity contribution in [3.05, 3.63) is 24.0 Å². The van der Waals surface area contributed by atoms with Crippen LogP contribution in [0.4, 0.5) is 0 Å². The van der Waals surface area contributed by atoms with Crippen LogP contribution in [0.25, 0.3) is 0 Å². The van der Waals surface area contributed by atoms with Crippen molar-refractivity contribution in [1.29, 1.82) is 5.26 Å². The van der Waals surface area contributed by atoms with Crippen molar-refractivity contribution in [2.24, 2.45) is 0 Å². The zero-order valence-electron chi connectivity index (χ0n) is 7.57. The first-order valence-corrected chi connectivity index (χ1v) is 4.20. The maximum Gasteiger partial charge on any atom is 0.0769 e. The predicted molar refractivity (Wildman–Crippen MR) is 48.6 cm³/mol. The third kappa shape index (κ3) is 3.63. The molecule has 0 bridgehead atoms. The monoisotopic (exact) mass is 176 g/mol. The average molecular weight is 176 g/mol. The van der Waals surface area contributed by atoms with E-state index in [1.165, 1.54) is 0 Å². The van der Waals surface area contributed by atoms with Gasteiger partial charge in [-0.25, -0.2) is 0 Å². The standard InChI is InChI=1S/C9H12N4/c1-8(4-5-10)11-7-9-3-2-6-12-13-9/h2-3,6,8,11H,4,7H2,1H3. The maximum atomic E-state index is 8.42. The summed E-state index contributed by atoms with van der Waals surface area (Å²) in [5.41, 5.74) is 0.896. The Morgan fingerprint density at radius 1 is 1.69 bits per heavy atom. The van der Waals surface area contributed by atoms with Crippen molar-refractivity contribution < 1.29 is 0 Å². The first kappa shape index (κ1) is 9.62. The van der Waals surface area contributed by atoms with Crippen molar-refractivity contribution >= 4 is 0 Å². The Hall–Kier alpha value is -1.47. The molecule has 0 radical (unpaired) electrons. The quantitative estimate of drug-likeness (QED) is 0.739. The molecule has 1 aromatic rings. The Morgan fingerprint density at radius 2 is 2.54 bits per heavy atom. The highest BCUT2D eigenvalue weighted by Gasteiger charge is 2.00. The van der Waals surface area contributed by atoms with Crippen molar-refractivity contribution in [3.8, 4) is 6.07 Å². The summed E-state index contributed by atoms with van der Waals surface area (Å²) in [7, 11) is 0. The summed E-state index contributed by atoms with van der Waals surface area (Å²) in [6, 6.07) is 6.05. The van der Waals surface area contributed by atoms with Gasteiger partial charge in [0.15, 0.2) is 0 Å². The minimum absolute atomic E-state index is 0.201. The first-order chi connectivity index (χ1) is 6.33. The van der Waals surface area contributed by atoms with Gasteiger partial charge in [-0.2, -0.15) is 15.5 Å². The molecule has 0 aliphatic rings. The van der Waals surface area contributed by atoms with Crippen molar-refractivity contribution in [1.82, 2.24) is 15.5 Å². The molecule has 68 valence electrons. The number of nitrogens with zero attached hydrogens (tertiary/aromatic N) is 3. The molecule has 1 aromatic heterocycles. The molecule has 0 saturated carbocycles. The Balaban J connectivity index is 2.32. The van der Waals surface area contributed by atoms with Gasteiger partial charge in [-0.05, 0) is 19.1 Å². The second-order valence-electron chi connectivity index (χ2n) is 2.86. The van der Waals surface area contributed by atoms with Crippen molar-refractivity contribution in [3.63, 3.8) is 0 Å². The summed E-state index contributed by atoms with van der Waals surface area (Å²) in [5.74, 6) is 0. The lowest BCUT2D eigenvalue weighted by molar-refractivity contribution is 0.548. The highest BCUT2D eigenvalue weighted by Crippen LogP contribution is 1.93. The molecule has 4 heteroatoms. The van der Waals surface area contributed by atoms with Crippen LogP contribution in [0.3, 0.4) is 0 Å². The van der Waals surface area contributed by atoms with E-state index in [2.05, 4.69) is 21.6 Å². The second kappa shape index (κ2) is 5.22. The van der Waals surface area contributed by atoms with E-state index in [-0.39, 0.29) is 6.04 Å². The van der Waals surface area contributed by atoms with Gasteiger partial charge in [-0.15, -0.1) is 0 Å². The fourth-order valence-electron chi connectivity index (χ4n) is 0.916. The lowest BCUT2D eigenvalue weighted by atomic mass is 10.2. The molecular weight excluding hydrogens is 164 g/mol. The molecule has 1 unspecified atom stereocenters. The van der Waals surface area contributed by atoms with Crippen LogP contribution in [-0.4, -0.2) is 16.2 Å². The average Bonchev–Trinajstić information content (AvgIpc) is 2.17. The summed E-state index contributed by atoms with van der Waals surface area (Å²) in [6.45, 7) is 2.64. The summed E-state index contributed by atoms with van der Waals surface area (Å²) in [5, 5.41) is 19.3. The normalized spacial score (nSPS) is 12.0. The van der Waals surface area contributed by atoms with E-state index in [1.807, 2.05) is 19.1 Å². The smallest absolute Gasteiger partial charge is 0.0769 e. The molecule has 0 aliphatic heterocycles. The summed E-state index contributed by atoms with van der Waals surface area (Å²) in [6.07, 6.45) is 2.16. The van der Waals surface area contributed by atoms with Crippen LogP contribution < -0.4 is 5.32 Å². The van der Waals surface area contributed by atoms with Gasteiger partial charge in [0, 0.05) is 18.8 Å². The van der Waals surface area contributed by atoms with Gasteiger partial charge >= 0.3 is 0 Å². The van der Waals surface area contributed by atoms with Crippen LogP contribution in [0.15, 0.2) is 18.3 Å². The van der Waals surface area contributed by atoms with E-state index in [0.29, 0.717) is 13.0 Å². The summed E-state index contributed by atoms with van der Waals surface area (Å²) < 4.78 is 0. The van der Waals surface area contributed by atoms with Gasteiger partial charge in [-0.3, -0.25) is 0 Å². The summed E-state index contributed by atoms with van der Waals surface area (Å²) >= 11 is 0. The van der Waals surface area contributed by atoms with E-state index in [0.717, 1.165) is 5.69 Å². The number of rotatable bonds is 4. The van der Waals surface area contributed by atoms with Gasteiger partial charge < -0.3 is 5.32 Å². The molecule has 1 heterocycles. The number of aromatic nitrogens is 2. The lowest BCUT2D eigenvalue weighted by Gasteiger charge is -2.08. The molecule has 0 aromatic carbocycles. The number of nitrogens with one attached hydrogen (secondary N) is 1. The Bertz CT molecular complexity index is 277. The number of hydrogen-bond acceptors (Lipinski definition) is 4. The SMILES string of the molecule is CC(CC#N)NCc1cccnn1. The van der Waals surface area contributed by atoms with Crippen LogP contribution in [-0.2, 0) is 6.54 Å². The first-order valence-electron chi connectivity index (χ1n) is 4.20. The van der Waals surface area contributed by atoms with Gasteiger partial charge in [0.25, 0.3) is 0 Å². The van der Waals surface area contributed by atoms with Crippen LogP contribution in [0.2, 0.25) is 0 Å². The highest BCUT2D eigenvalue weighted by atomic mass is 15.1. The third-order valence-electron chi connectivity index (χ3n) is 1.66. The fraction of sp³-hybridized carbons (Fsp3) is 0.444. The minimum atomic E-state index is 0.201. The Morgan fingerprint density at radius 3 is 3.15 bits per heavy atom. The predicted octanol–water partition coefficient (Wildman–Crippen LogP) is 0.868. The Kier molecular flexibility index (Phi) is 3.86. The Labute approximate surface area is 77.6 Å². The van der Waals surface area contributed by atoms with E-state index in [1.54, 1.807) is 6.20 Å². The van der Waals surface area contributed by atoms with Gasteiger partial charge in [0.1, 0.15) is 0 Å². The molecular formula is C9H12N4. The molecule has 1 atom stereocenters. The summed E-state index contributed by atoms with van der Waals surface area (Å²) in [4.78, 5) is 0. The van der Waals surface area contributed by atoms with E-state index >= 15 is 0 Å². The molecule has 4 nitrogen and oxygen atoms in total. The zero-order chi connectivity index (χ0) is 9.52. The van der Waals surface area contributed by atoms with Crippen LogP contribution in [0.1, 0.15) is 19.0 Å². The van der Waals surface area contributed by atoms with Crippen molar-refractivity contribution in [2.75, 3.05) is 0 Å². The molecule has 1 rings (SSSR count). The van der Waals surface area contributed by atoms with Crippen LogP contribution in [0.5, 0.6) is 0 Å². The molecule has 0 saturated heterocycles. The zero-order valence-corrected chi connectivity index (χ0v) is 7.57. The molecule has 1 N–H and O–H groups in total. The maximum absolute atomic E-state index is 8.42. The molecule has 13 heavy (non-hydrogen) atoms. The third-order valence-corrected chi connectivity index (χ3v) is 1.66. The molecule has 0 amide bonds. The second-order valence-corrected chi connectivity index (χ2v) is 2.86. The van der Waals surface area contributed by atoms with E-state index in [4.69, 9.17) is 5.26 Å². The van der Waals surface area contributed by atoms with Gasteiger partial charge in [-0.1, -0.05) is 0 Å². The molecule has 0 aliphatic carbocycles.